The molecule has 26 heavy (non-hydrogen) atoms. The number of carbonyl (C=O) groups is 3. The fourth-order valence-corrected chi connectivity index (χ4v) is 3.81. The molecule has 2 fully saturated rings. The van der Waals surface area contributed by atoms with Crippen LogP contribution in [-0.2, 0) is 19.1 Å². The summed E-state index contributed by atoms with van der Waals surface area (Å²) in [7, 11) is 0. The number of anilines is 1. The summed E-state index contributed by atoms with van der Waals surface area (Å²) >= 11 is 11.7. The Balaban J connectivity index is 1.47. The van der Waals surface area contributed by atoms with Crippen LogP contribution in [0, 0.1) is 5.92 Å². The van der Waals surface area contributed by atoms with Crippen LogP contribution in [0.2, 0.25) is 10.0 Å². The molecule has 0 aromatic carbocycles. The monoisotopic (exact) mass is 399 g/mol. The zero-order valence-electron chi connectivity index (χ0n) is 14.0. The Morgan fingerprint density at radius 2 is 2.04 bits per heavy atom. The SMILES string of the molecule is O=C(COC(=O)[C@@H]1CC(=O)N(C2CCCC2)C1)Nc1ncc(Cl)cc1Cl. The Morgan fingerprint density at radius 3 is 2.73 bits per heavy atom. The molecule has 1 aromatic heterocycles. The molecule has 1 aromatic rings. The summed E-state index contributed by atoms with van der Waals surface area (Å²) in [5.41, 5.74) is 0. The first-order chi connectivity index (χ1) is 12.4. The fraction of sp³-hybridized carbons (Fsp3) is 0.529. The Labute approximate surface area is 161 Å². The van der Waals surface area contributed by atoms with Gasteiger partial charge in [0, 0.05) is 25.2 Å². The first-order valence-corrected chi connectivity index (χ1v) is 9.26. The van der Waals surface area contributed by atoms with Crippen molar-refractivity contribution < 1.29 is 19.1 Å². The average molecular weight is 400 g/mol. The number of hydrogen-bond donors (Lipinski definition) is 1. The lowest BCUT2D eigenvalue weighted by Gasteiger charge is -2.23. The number of hydrogen-bond acceptors (Lipinski definition) is 5. The Morgan fingerprint density at radius 1 is 1.31 bits per heavy atom. The van der Waals surface area contributed by atoms with Crippen molar-refractivity contribution in [3.63, 3.8) is 0 Å². The van der Waals surface area contributed by atoms with Gasteiger partial charge in [0.25, 0.3) is 5.91 Å². The molecule has 1 saturated heterocycles. The van der Waals surface area contributed by atoms with Crippen LogP contribution >= 0.6 is 23.2 Å². The summed E-state index contributed by atoms with van der Waals surface area (Å²) < 4.78 is 5.06. The number of amides is 2. The standard InChI is InChI=1S/C17H19Cl2N3O4/c18-11-6-13(19)16(20-7-11)21-14(23)9-26-17(25)10-5-15(24)22(8-10)12-3-1-2-4-12/h6-7,10,12H,1-5,8-9H2,(H,20,21,23)/t10-/m1/s1. The van der Waals surface area contributed by atoms with Crippen LogP contribution in [0.3, 0.4) is 0 Å². The number of nitrogens with zero attached hydrogens (tertiary/aromatic N) is 2. The van der Waals surface area contributed by atoms with Gasteiger partial charge in [-0.2, -0.15) is 0 Å². The van der Waals surface area contributed by atoms with Crippen LogP contribution in [0.25, 0.3) is 0 Å². The zero-order valence-corrected chi connectivity index (χ0v) is 15.6. The molecule has 1 aliphatic carbocycles. The van der Waals surface area contributed by atoms with E-state index in [4.69, 9.17) is 27.9 Å². The highest BCUT2D eigenvalue weighted by molar-refractivity contribution is 6.36. The van der Waals surface area contributed by atoms with Crippen molar-refractivity contribution in [1.82, 2.24) is 9.88 Å². The number of esters is 1. The molecule has 0 bridgehead atoms. The molecular weight excluding hydrogens is 381 g/mol. The third-order valence-electron chi connectivity index (χ3n) is 4.67. The molecule has 2 heterocycles. The van der Waals surface area contributed by atoms with Gasteiger partial charge in [-0.15, -0.1) is 0 Å². The lowest BCUT2D eigenvalue weighted by Crippen LogP contribution is -2.35. The summed E-state index contributed by atoms with van der Waals surface area (Å²) in [6.07, 6.45) is 5.70. The van der Waals surface area contributed by atoms with Crippen LogP contribution in [-0.4, -0.2) is 46.9 Å². The predicted octanol–water partition coefficient (Wildman–Crippen LogP) is 2.66. The summed E-state index contributed by atoms with van der Waals surface area (Å²) in [5, 5.41) is 2.98. The number of likely N-dealkylation sites (tertiary alicyclic amines) is 1. The minimum absolute atomic E-state index is 0.0135. The van der Waals surface area contributed by atoms with Crippen LogP contribution in [0.15, 0.2) is 12.3 Å². The number of nitrogens with one attached hydrogen (secondary N) is 1. The van der Waals surface area contributed by atoms with E-state index >= 15 is 0 Å². The Bertz CT molecular complexity index is 722. The number of ether oxygens (including phenoxy) is 1. The third kappa shape index (κ3) is 4.45. The number of pyridine rings is 1. The zero-order chi connectivity index (χ0) is 18.7. The van der Waals surface area contributed by atoms with Crippen molar-refractivity contribution in [2.45, 2.75) is 38.1 Å². The smallest absolute Gasteiger partial charge is 0.311 e. The van der Waals surface area contributed by atoms with E-state index < -0.39 is 24.4 Å². The summed E-state index contributed by atoms with van der Waals surface area (Å²) in [6, 6.07) is 1.68. The minimum atomic E-state index is -0.563. The van der Waals surface area contributed by atoms with Gasteiger partial charge in [0.15, 0.2) is 12.4 Å². The van der Waals surface area contributed by atoms with Gasteiger partial charge >= 0.3 is 5.97 Å². The van der Waals surface area contributed by atoms with Gasteiger partial charge in [-0.05, 0) is 18.9 Å². The maximum Gasteiger partial charge on any atom is 0.311 e. The number of rotatable bonds is 5. The van der Waals surface area contributed by atoms with Gasteiger partial charge in [-0.25, -0.2) is 4.98 Å². The highest BCUT2D eigenvalue weighted by atomic mass is 35.5. The fourth-order valence-electron chi connectivity index (χ4n) is 3.39. The van der Waals surface area contributed by atoms with Crippen molar-refractivity contribution in [2.24, 2.45) is 5.92 Å². The van der Waals surface area contributed by atoms with Crippen molar-refractivity contribution in [2.75, 3.05) is 18.5 Å². The van der Waals surface area contributed by atoms with Crippen LogP contribution in [0.4, 0.5) is 5.82 Å². The molecule has 0 unspecified atom stereocenters. The first kappa shape index (κ1) is 18.9. The molecule has 2 amide bonds. The van der Waals surface area contributed by atoms with E-state index in [1.54, 1.807) is 4.90 Å². The minimum Gasteiger partial charge on any atom is -0.455 e. The van der Waals surface area contributed by atoms with E-state index in [0.29, 0.717) is 11.6 Å². The van der Waals surface area contributed by atoms with Gasteiger partial charge < -0.3 is 15.0 Å². The lowest BCUT2D eigenvalue weighted by molar-refractivity contribution is -0.151. The van der Waals surface area contributed by atoms with Gasteiger partial charge in [0.05, 0.1) is 16.0 Å². The van der Waals surface area contributed by atoms with Gasteiger partial charge in [0.1, 0.15) is 0 Å². The molecule has 1 N–H and O–H groups in total. The normalized spacial score (nSPS) is 20.5. The molecule has 7 nitrogen and oxygen atoms in total. The quantitative estimate of drug-likeness (QED) is 0.768. The highest BCUT2D eigenvalue weighted by Crippen LogP contribution is 2.30. The second kappa shape index (κ2) is 8.22. The largest absolute Gasteiger partial charge is 0.455 e. The molecule has 2 aliphatic rings. The van der Waals surface area contributed by atoms with Gasteiger partial charge in [0.2, 0.25) is 5.91 Å². The van der Waals surface area contributed by atoms with Crippen molar-refractivity contribution in [1.29, 1.82) is 0 Å². The predicted molar refractivity (Wildman–Crippen MR) is 95.9 cm³/mol. The maximum atomic E-state index is 12.2. The average Bonchev–Trinajstić information content (AvgIpc) is 3.24. The van der Waals surface area contributed by atoms with E-state index in [9.17, 15) is 14.4 Å². The maximum absolute atomic E-state index is 12.2. The molecule has 140 valence electrons. The molecule has 0 spiro atoms. The topological polar surface area (TPSA) is 88.6 Å². The van der Waals surface area contributed by atoms with E-state index in [-0.39, 0.29) is 29.2 Å². The van der Waals surface area contributed by atoms with Crippen molar-refractivity contribution >= 4 is 46.8 Å². The Hall–Kier alpha value is -1.86. The van der Waals surface area contributed by atoms with Crippen molar-refractivity contribution in [3.05, 3.63) is 22.3 Å². The van der Waals surface area contributed by atoms with Crippen LogP contribution in [0.1, 0.15) is 32.1 Å². The molecule has 1 aliphatic heterocycles. The number of aromatic nitrogens is 1. The van der Waals surface area contributed by atoms with Crippen LogP contribution < -0.4 is 5.32 Å². The molecule has 9 heteroatoms. The highest BCUT2D eigenvalue weighted by Gasteiger charge is 2.39. The summed E-state index contributed by atoms with van der Waals surface area (Å²) in [5.74, 6) is -1.50. The molecule has 0 radical (unpaired) electrons. The molecule has 1 atom stereocenters. The second-order valence-electron chi connectivity index (χ2n) is 6.53. The third-order valence-corrected chi connectivity index (χ3v) is 5.16. The second-order valence-corrected chi connectivity index (χ2v) is 7.37. The summed E-state index contributed by atoms with van der Waals surface area (Å²) in [4.78, 5) is 41.9. The van der Waals surface area contributed by atoms with E-state index in [0.717, 1.165) is 25.7 Å². The summed E-state index contributed by atoms with van der Waals surface area (Å²) in [6.45, 7) is -0.0951. The first-order valence-electron chi connectivity index (χ1n) is 8.51. The lowest BCUT2D eigenvalue weighted by atomic mass is 10.1. The van der Waals surface area contributed by atoms with Crippen LogP contribution in [0.5, 0.6) is 0 Å². The van der Waals surface area contributed by atoms with E-state index in [2.05, 4.69) is 10.3 Å². The Kier molecular flexibility index (Phi) is 5.98. The molecule has 3 rings (SSSR count). The van der Waals surface area contributed by atoms with E-state index in [1.807, 2.05) is 0 Å². The number of halogens is 2. The number of carbonyl (C=O) groups excluding carboxylic acids is 3. The molecule has 1 saturated carbocycles. The van der Waals surface area contributed by atoms with Gasteiger partial charge in [-0.1, -0.05) is 36.0 Å². The van der Waals surface area contributed by atoms with Crippen molar-refractivity contribution in [3.8, 4) is 0 Å². The molecular formula is C17H19Cl2N3O4. The van der Waals surface area contributed by atoms with Gasteiger partial charge in [-0.3, -0.25) is 14.4 Å². The van der Waals surface area contributed by atoms with E-state index in [1.165, 1.54) is 12.3 Å².